The van der Waals surface area contributed by atoms with Crippen LogP contribution in [0.5, 0.6) is 11.8 Å². The fraction of sp³-hybridized carbons (Fsp3) is 0.250. The second-order valence-corrected chi connectivity index (χ2v) is 7.31. The first-order valence-corrected chi connectivity index (χ1v) is 9.41. The van der Waals surface area contributed by atoms with E-state index in [-0.39, 0.29) is 23.1 Å². The van der Waals surface area contributed by atoms with Crippen LogP contribution in [0.2, 0.25) is 0 Å². The summed E-state index contributed by atoms with van der Waals surface area (Å²) in [5.41, 5.74) is 0.833. The van der Waals surface area contributed by atoms with Gasteiger partial charge in [0.1, 0.15) is 11.5 Å². The van der Waals surface area contributed by atoms with Crippen molar-refractivity contribution >= 4 is 22.0 Å². The fourth-order valence-electron chi connectivity index (χ4n) is 1.93. The van der Waals surface area contributed by atoms with Gasteiger partial charge in [-0.1, -0.05) is 6.58 Å². The number of ether oxygens (including phenoxy) is 2. The number of carbonyl (C=O) groups is 1. The number of anilines is 1. The summed E-state index contributed by atoms with van der Waals surface area (Å²) >= 11 is 0. The summed E-state index contributed by atoms with van der Waals surface area (Å²) in [5.74, 6) is -1.15. The standard InChI is InChI=1S/C16H17F2N5O5S/c1-9(2)8-27-13-11(5-4-6-19-13)29(25,26)23-16(24)22-15-20-10(3)7-12(21-15)28-14(17)18/h4-7,14H,1,8H2,2-3H3,(H2,20,21,22,23,24). The molecule has 0 saturated heterocycles. The smallest absolute Gasteiger partial charge is 0.388 e. The van der Waals surface area contributed by atoms with Gasteiger partial charge >= 0.3 is 12.6 Å². The Bertz CT molecular complexity index is 1020. The number of aromatic nitrogens is 3. The molecule has 10 nitrogen and oxygen atoms in total. The van der Waals surface area contributed by atoms with Gasteiger partial charge in [-0.05, 0) is 31.6 Å². The lowest BCUT2D eigenvalue weighted by atomic mass is 10.4. The molecule has 2 heterocycles. The van der Waals surface area contributed by atoms with Gasteiger partial charge in [0.05, 0.1) is 0 Å². The van der Waals surface area contributed by atoms with Crippen LogP contribution in [0.3, 0.4) is 0 Å². The highest BCUT2D eigenvalue weighted by Crippen LogP contribution is 2.21. The normalized spacial score (nSPS) is 11.1. The minimum absolute atomic E-state index is 0.0236. The summed E-state index contributed by atoms with van der Waals surface area (Å²) in [6.07, 6.45) is 1.32. The van der Waals surface area contributed by atoms with Crippen molar-refractivity contribution < 1.29 is 31.5 Å². The number of urea groups is 1. The quantitative estimate of drug-likeness (QED) is 0.611. The largest absolute Gasteiger partial charge is 0.472 e. The third-order valence-corrected chi connectivity index (χ3v) is 4.32. The lowest BCUT2D eigenvalue weighted by molar-refractivity contribution is -0.0528. The van der Waals surface area contributed by atoms with Crippen LogP contribution in [0.4, 0.5) is 19.5 Å². The van der Waals surface area contributed by atoms with E-state index in [1.807, 2.05) is 5.32 Å². The second-order valence-electron chi connectivity index (χ2n) is 5.66. The third kappa shape index (κ3) is 6.64. The molecule has 0 atom stereocenters. The Morgan fingerprint density at radius 1 is 1.34 bits per heavy atom. The number of amides is 2. The van der Waals surface area contributed by atoms with Gasteiger partial charge in [0.15, 0.2) is 0 Å². The van der Waals surface area contributed by atoms with E-state index in [1.54, 1.807) is 11.6 Å². The molecule has 0 aliphatic heterocycles. The van der Waals surface area contributed by atoms with Crippen LogP contribution in [-0.4, -0.2) is 42.6 Å². The number of carbonyl (C=O) groups excluding carboxylic acids is 1. The van der Waals surface area contributed by atoms with Crippen molar-refractivity contribution in [2.75, 3.05) is 11.9 Å². The molecule has 0 aliphatic carbocycles. The third-order valence-electron chi connectivity index (χ3n) is 2.97. The van der Waals surface area contributed by atoms with Gasteiger partial charge in [-0.25, -0.2) is 27.9 Å². The summed E-state index contributed by atoms with van der Waals surface area (Å²) in [4.78, 5) is 22.9. The summed E-state index contributed by atoms with van der Waals surface area (Å²) in [6, 6.07) is 2.42. The molecular weight excluding hydrogens is 412 g/mol. The number of halogens is 2. The zero-order valence-electron chi connectivity index (χ0n) is 15.3. The van der Waals surface area contributed by atoms with Crippen molar-refractivity contribution in [2.45, 2.75) is 25.4 Å². The van der Waals surface area contributed by atoms with Crippen LogP contribution < -0.4 is 19.5 Å². The van der Waals surface area contributed by atoms with Gasteiger partial charge in [0.25, 0.3) is 10.0 Å². The molecule has 0 saturated carbocycles. The van der Waals surface area contributed by atoms with E-state index in [9.17, 15) is 22.0 Å². The number of aryl methyl sites for hydroxylation is 1. The Hall–Kier alpha value is -3.35. The molecule has 2 aromatic rings. The van der Waals surface area contributed by atoms with Crippen LogP contribution in [0.1, 0.15) is 12.6 Å². The number of hydrogen-bond donors (Lipinski definition) is 2. The van der Waals surface area contributed by atoms with Crippen molar-refractivity contribution in [3.63, 3.8) is 0 Å². The lowest BCUT2D eigenvalue weighted by Gasteiger charge is -2.12. The van der Waals surface area contributed by atoms with Crippen molar-refractivity contribution in [3.8, 4) is 11.8 Å². The maximum atomic E-state index is 12.5. The van der Waals surface area contributed by atoms with E-state index in [4.69, 9.17) is 4.74 Å². The summed E-state index contributed by atoms with van der Waals surface area (Å²) in [5, 5.41) is 2.04. The molecule has 0 bridgehead atoms. The highest BCUT2D eigenvalue weighted by Gasteiger charge is 2.24. The average molecular weight is 429 g/mol. The van der Waals surface area contributed by atoms with Gasteiger partial charge < -0.3 is 9.47 Å². The molecule has 0 spiro atoms. The first-order chi connectivity index (χ1) is 13.6. The van der Waals surface area contributed by atoms with Gasteiger partial charge in [0.2, 0.25) is 17.7 Å². The maximum absolute atomic E-state index is 12.5. The van der Waals surface area contributed by atoms with Gasteiger partial charge in [-0.15, -0.1) is 0 Å². The highest BCUT2D eigenvalue weighted by atomic mass is 32.2. The Labute approximate surface area is 165 Å². The van der Waals surface area contributed by atoms with Crippen LogP contribution >= 0.6 is 0 Å². The summed E-state index contributed by atoms with van der Waals surface area (Å²) < 4.78 is 60.8. The number of hydrogen-bond acceptors (Lipinski definition) is 8. The van der Waals surface area contributed by atoms with Crippen molar-refractivity contribution in [2.24, 2.45) is 0 Å². The SMILES string of the molecule is C=C(C)COc1ncccc1S(=O)(=O)NC(=O)Nc1nc(C)cc(OC(F)F)n1. The number of pyridine rings is 1. The number of alkyl halides is 2. The van der Waals surface area contributed by atoms with E-state index >= 15 is 0 Å². The highest BCUT2D eigenvalue weighted by molar-refractivity contribution is 7.90. The molecule has 2 N–H and O–H groups in total. The van der Waals surface area contributed by atoms with E-state index < -0.39 is 34.5 Å². The van der Waals surface area contributed by atoms with E-state index in [2.05, 4.69) is 26.3 Å². The molecule has 29 heavy (non-hydrogen) atoms. The maximum Gasteiger partial charge on any atom is 0.388 e. The zero-order valence-corrected chi connectivity index (χ0v) is 16.2. The predicted octanol–water partition coefficient (Wildman–Crippen LogP) is 2.25. The zero-order chi connectivity index (χ0) is 21.6. The summed E-state index contributed by atoms with van der Waals surface area (Å²) in [6.45, 7) is 3.65. The van der Waals surface area contributed by atoms with Crippen molar-refractivity contribution in [1.82, 2.24) is 19.7 Å². The topological polar surface area (TPSA) is 132 Å². The molecule has 2 aromatic heterocycles. The average Bonchev–Trinajstić information content (AvgIpc) is 2.58. The van der Waals surface area contributed by atoms with Crippen LogP contribution in [0.15, 0.2) is 41.4 Å². The van der Waals surface area contributed by atoms with E-state index in [0.717, 1.165) is 6.07 Å². The first kappa shape index (κ1) is 21.9. The Morgan fingerprint density at radius 3 is 2.72 bits per heavy atom. The molecule has 0 aliphatic rings. The Balaban J connectivity index is 2.16. The van der Waals surface area contributed by atoms with Crippen LogP contribution in [0.25, 0.3) is 0 Å². The second kappa shape index (κ2) is 9.23. The lowest BCUT2D eigenvalue weighted by Crippen LogP contribution is -2.35. The van der Waals surface area contributed by atoms with Crippen molar-refractivity contribution in [3.05, 3.63) is 42.2 Å². The number of rotatable bonds is 8. The molecule has 0 unspecified atom stereocenters. The molecule has 2 rings (SSSR count). The molecular formula is C16H17F2N5O5S. The Morgan fingerprint density at radius 2 is 2.07 bits per heavy atom. The molecule has 13 heteroatoms. The first-order valence-electron chi connectivity index (χ1n) is 7.93. The minimum Gasteiger partial charge on any atom is -0.472 e. The Kier molecular flexibility index (Phi) is 6.98. The van der Waals surface area contributed by atoms with Gasteiger partial charge in [0, 0.05) is 18.0 Å². The van der Waals surface area contributed by atoms with Crippen molar-refractivity contribution in [1.29, 1.82) is 0 Å². The van der Waals surface area contributed by atoms with E-state index in [1.165, 1.54) is 25.3 Å². The van der Waals surface area contributed by atoms with E-state index in [0.29, 0.717) is 5.57 Å². The van der Waals surface area contributed by atoms with Gasteiger partial charge in [-0.2, -0.15) is 13.8 Å². The number of nitrogens with zero attached hydrogens (tertiary/aromatic N) is 3. The monoisotopic (exact) mass is 429 g/mol. The number of nitrogens with one attached hydrogen (secondary N) is 2. The molecule has 0 fully saturated rings. The molecule has 0 radical (unpaired) electrons. The molecule has 156 valence electrons. The van der Waals surface area contributed by atoms with Crippen LogP contribution in [-0.2, 0) is 10.0 Å². The van der Waals surface area contributed by atoms with Gasteiger partial charge in [-0.3, -0.25) is 5.32 Å². The minimum atomic E-state index is -4.38. The number of sulfonamides is 1. The molecule has 2 amide bonds. The molecule has 0 aromatic carbocycles. The summed E-state index contributed by atoms with van der Waals surface area (Å²) in [7, 11) is -4.38. The fourth-order valence-corrected chi connectivity index (χ4v) is 2.94. The predicted molar refractivity (Wildman–Crippen MR) is 97.3 cm³/mol. The van der Waals surface area contributed by atoms with Crippen LogP contribution in [0, 0.1) is 6.92 Å².